The molecule has 0 amide bonds. The van der Waals surface area contributed by atoms with Crippen LogP contribution in [0.4, 0.5) is 0 Å². The Hall–Kier alpha value is -0.0400. The Balaban J connectivity index is 1.10. The Kier molecular flexibility index (Phi) is 8.81. The van der Waals surface area contributed by atoms with Crippen LogP contribution >= 0.6 is 0 Å². The molecule has 5 saturated carbocycles. The number of aliphatic hydroxyl groups excluding tert-OH is 1. The zero-order valence-electron chi connectivity index (χ0n) is 22.1. The summed E-state index contributed by atoms with van der Waals surface area (Å²) in [5.41, 5.74) is 0. The van der Waals surface area contributed by atoms with Crippen molar-refractivity contribution in [2.45, 2.75) is 148 Å². The van der Waals surface area contributed by atoms with Crippen LogP contribution < -0.4 is 0 Å². The fourth-order valence-electron chi connectivity index (χ4n) is 9.92. The van der Waals surface area contributed by atoms with Crippen molar-refractivity contribution in [3.8, 4) is 0 Å². The van der Waals surface area contributed by atoms with Gasteiger partial charge in [0.2, 0.25) is 0 Å². The van der Waals surface area contributed by atoms with E-state index >= 15 is 0 Å². The smallest absolute Gasteiger partial charge is 0.0545 e. The molecule has 5 fully saturated rings. The van der Waals surface area contributed by atoms with Crippen LogP contribution in [-0.2, 0) is 0 Å². The summed E-state index contributed by atoms with van der Waals surface area (Å²) in [6.07, 6.45) is 30.5. The molecule has 1 nitrogen and oxygen atoms in total. The quantitative estimate of drug-likeness (QED) is 0.405. The largest absolute Gasteiger partial charge is 0.393 e. The van der Waals surface area contributed by atoms with Crippen molar-refractivity contribution in [3.05, 3.63) is 0 Å². The number of aliphatic hydroxyl groups is 1. The van der Waals surface area contributed by atoms with Gasteiger partial charge in [-0.2, -0.15) is 0 Å². The van der Waals surface area contributed by atoms with E-state index in [0.29, 0.717) is 0 Å². The SMILES string of the molecule is CC1CCC(CC2CCC3CCC(C4CCCC(CC(O)CC5CCCCC5)C4)C3C2)CC1. The first-order valence-corrected chi connectivity index (χ1v) is 15.8. The van der Waals surface area contributed by atoms with Crippen LogP contribution in [-0.4, -0.2) is 11.2 Å². The maximum atomic E-state index is 10.9. The van der Waals surface area contributed by atoms with E-state index in [4.69, 9.17) is 0 Å². The summed E-state index contributed by atoms with van der Waals surface area (Å²) in [6.45, 7) is 2.47. The lowest BCUT2D eigenvalue weighted by Gasteiger charge is -2.41. The molecule has 0 bridgehead atoms. The molecule has 0 aromatic carbocycles. The van der Waals surface area contributed by atoms with Crippen molar-refractivity contribution in [1.29, 1.82) is 0 Å². The summed E-state index contributed by atoms with van der Waals surface area (Å²) in [6, 6.07) is 0. The number of fused-ring (bicyclic) bond motifs is 1. The second-order valence-corrected chi connectivity index (χ2v) is 14.1. The summed E-state index contributed by atoms with van der Waals surface area (Å²) >= 11 is 0. The minimum atomic E-state index is -0.00884. The average Bonchev–Trinajstić information content (AvgIpc) is 3.25. The number of rotatable bonds is 7. The van der Waals surface area contributed by atoms with Gasteiger partial charge in [0.25, 0.3) is 0 Å². The predicted molar refractivity (Wildman–Crippen MR) is 140 cm³/mol. The van der Waals surface area contributed by atoms with Crippen molar-refractivity contribution in [3.63, 3.8) is 0 Å². The molecule has 1 N–H and O–H groups in total. The zero-order valence-corrected chi connectivity index (χ0v) is 22.1. The Morgan fingerprint density at radius 2 is 1.24 bits per heavy atom. The molecule has 0 spiro atoms. The van der Waals surface area contributed by atoms with Gasteiger partial charge < -0.3 is 5.11 Å². The molecule has 0 aliphatic heterocycles. The highest BCUT2D eigenvalue weighted by Crippen LogP contribution is 2.54. The highest BCUT2D eigenvalue weighted by atomic mass is 16.3. The summed E-state index contributed by atoms with van der Waals surface area (Å²) in [5, 5.41) is 10.9. The van der Waals surface area contributed by atoms with Gasteiger partial charge in [-0.3, -0.25) is 0 Å². The number of hydrogen-bond acceptors (Lipinski definition) is 1. The van der Waals surface area contributed by atoms with E-state index in [1.165, 1.54) is 83.5 Å². The first-order valence-electron chi connectivity index (χ1n) is 15.8. The van der Waals surface area contributed by atoms with Gasteiger partial charge in [0.1, 0.15) is 0 Å². The lowest BCUT2D eigenvalue weighted by Crippen LogP contribution is -2.32. The van der Waals surface area contributed by atoms with Gasteiger partial charge >= 0.3 is 0 Å². The molecule has 1 heteroatoms. The molecule has 7 atom stereocenters. The van der Waals surface area contributed by atoms with Gasteiger partial charge in [-0.25, -0.2) is 0 Å². The third kappa shape index (κ3) is 6.59. The second-order valence-electron chi connectivity index (χ2n) is 14.1. The first-order chi connectivity index (χ1) is 16.1. The van der Waals surface area contributed by atoms with Crippen LogP contribution in [0.15, 0.2) is 0 Å². The maximum absolute atomic E-state index is 10.9. The standard InChI is InChI=1S/C32H56O/c1-23-10-12-25(13-11-23)18-27-14-15-28-16-17-31(32(28)22-27)29-9-5-8-26(19-29)21-30(33)20-24-6-3-2-4-7-24/h23-33H,2-22H2,1H3. The fraction of sp³-hybridized carbons (Fsp3) is 1.00. The molecule has 190 valence electrons. The molecule has 5 aliphatic rings. The van der Waals surface area contributed by atoms with Crippen molar-refractivity contribution in [2.24, 2.45) is 53.3 Å². The highest BCUT2D eigenvalue weighted by Gasteiger charge is 2.44. The topological polar surface area (TPSA) is 20.2 Å². The van der Waals surface area contributed by atoms with Crippen molar-refractivity contribution in [2.75, 3.05) is 0 Å². The highest BCUT2D eigenvalue weighted by molar-refractivity contribution is 4.95. The maximum Gasteiger partial charge on any atom is 0.0545 e. The summed E-state index contributed by atoms with van der Waals surface area (Å²) in [5.74, 6) is 8.96. The molecule has 0 radical (unpaired) electrons. The van der Waals surface area contributed by atoms with E-state index in [1.807, 2.05) is 0 Å². The zero-order chi connectivity index (χ0) is 22.6. The molecule has 0 saturated heterocycles. The Morgan fingerprint density at radius 1 is 0.545 bits per heavy atom. The summed E-state index contributed by atoms with van der Waals surface area (Å²) < 4.78 is 0. The molecule has 7 unspecified atom stereocenters. The van der Waals surface area contributed by atoms with Crippen LogP contribution in [0.3, 0.4) is 0 Å². The van der Waals surface area contributed by atoms with Gasteiger partial charge in [0.05, 0.1) is 6.10 Å². The Morgan fingerprint density at radius 3 is 2.06 bits per heavy atom. The lowest BCUT2D eigenvalue weighted by molar-refractivity contribution is 0.0642. The van der Waals surface area contributed by atoms with Gasteiger partial charge in [-0.05, 0) is 105 Å². The number of hydrogen-bond donors (Lipinski definition) is 1. The second kappa shape index (κ2) is 11.8. The van der Waals surface area contributed by atoms with Crippen LogP contribution in [0.2, 0.25) is 0 Å². The summed E-state index contributed by atoms with van der Waals surface area (Å²) in [4.78, 5) is 0. The fourth-order valence-corrected chi connectivity index (χ4v) is 9.92. The molecule has 0 heterocycles. The van der Waals surface area contributed by atoms with Crippen LogP contribution in [0.5, 0.6) is 0 Å². The van der Waals surface area contributed by atoms with E-state index < -0.39 is 0 Å². The Bertz CT molecular complexity index is 571. The average molecular weight is 457 g/mol. The van der Waals surface area contributed by atoms with Crippen molar-refractivity contribution < 1.29 is 5.11 Å². The third-order valence-electron chi connectivity index (χ3n) is 11.7. The molecule has 0 aromatic heterocycles. The summed E-state index contributed by atoms with van der Waals surface area (Å²) in [7, 11) is 0. The van der Waals surface area contributed by atoms with Gasteiger partial charge in [-0.15, -0.1) is 0 Å². The van der Waals surface area contributed by atoms with E-state index in [0.717, 1.165) is 66.1 Å². The molecular formula is C32H56O. The lowest BCUT2D eigenvalue weighted by atomic mass is 9.64. The first kappa shape index (κ1) is 24.6. The van der Waals surface area contributed by atoms with Gasteiger partial charge in [-0.1, -0.05) is 90.4 Å². The van der Waals surface area contributed by atoms with Crippen molar-refractivity contribution in [1.82, 2.24) is 0 Å². The van der Waals surface area contributed by atoms with Crippen LogP contribution in [0.1, 0.15) is 142 Å². The van der Waals surface area contributed by atoms with E-state index in [2.05, 4.69) is 6.92 Å². The van der Waals surface area contributed by atoms with Crippen molar-refractivity contribution >= 4 is 0 Å². The minimum absolute atomic E-state index is 0.00884. The van der Waals surface area contributed by atoms with Crippen LogP contribution in [0.25, 0.3) is 0 Å². The normalized spacial score (nSPS) is 43.8. The monoisotopic (exact) mass is 456 g/mol. The minimum Gasteiger partial charge on any atom is -0.393 e. The van der Waals surface area contributed by atoms with E-state index in [1.54, 1.807) is 38.5 Å². The third-order valence-corrected chi connectivity index (χ3v) is 11.7. The van der Waals surface area contributed by atoms with Gasteiger partial charge in [0, 0.05) is 0 Å². The van der Waals surface area contributed by atoms with E-state index in [-0.39, 0.29) is 6.10 Å². The molecular weight excluding hydrogens is 400 g/mol. The molecule has 33 heavy (non-hydrogen) atoms. The Labute approximate surface area is 206 Å². The molecule has 5 rings (SSSR count). The molecule has 0 aromatic rings. The molecule has 5 aliphatic carbocycles. The van der Waals surface area contributed by atoms with Gasteiger partial charge in [0.15, 0.2) is 0 Å². The van der Waals surface area contributed by atoms with E-state index in [9.17, 15) is 5.11 Å². The van der Waals surface area contributed by atoms with Crippen LogP contribution in [0, 0.1) is 53.3 Å². The predicted octanol–water partition coefficient (Wildman–Crippen LogP) is 9.17.